The van der Waals surface area contributed by atoms with Gasteiger partial charge in [-0.25, -0.2) is 4.98 Å². The number of aromatic amines is 1. The third-order valence-corrected chi connectivity index (χ3v) is 4.49. The predicted octanol–water partition coefficient (Wildman–Crippen LogP) is 2.82. The number of fused-ring (bicyclic) bond motifs is 1. The van der Waals surface area contributed by atoms with Crippen LogP contribution in [0, 0.1) is 0 Å². The van der Waals surface area contributed by atoms with Gasteiger partial charge in [-0.3, -0.25) is 9.78 Å². The van der Waals surface area contributed by atoms with Gasteiger partial charge in [-0.05, 0) is 55.7 Å². The summed E-state index contributed by atoms with van der Waals surface area (Å²) in [7, 11) is 0. The molecule has 0 radical (unpaired) electrons. The van der Waals surface area contributed by atoms with Crippen LogP contribution in [0.3, 0.4) is 0 Å². The third kappa shape index (κ3) is 3.25. The smallest absolute Gasteiger partial charge is 0.254 e. The van der Waals surface area contributed by atoms with Gasteiger partial charge < -0.3 is 15.0 Å². The van der Waals surface area contributed by atoms with E-state index >= 15 is 0 Å². The standard InChI is InChI=1S/C19H20N4O2/c1-12(24)18-21-16-5-2-14(10-17(16)22-18)19(25)23(15-3-4-15)11-13-6-8-20-9-7-13/h2,5-10,12,15,24H,3-4,11H2,1H3,(H,21,22). The second kappa shape index (κ2) is 6.29. The van der Waals surface area contributed by atoms with Crippen molar-refractivity contribution >= 4 is 16.9 Å². The number of H-pyrrole nitrogens is 1. The van der Waals surface area contributed by atoms with Crippen LogP contribution in [-0.4, -0.2) is 36.9 Å². The summed E-state index contributed by atoms with van der Waals surface area (Å²) in [5, 5.41) is 9.66. The van der Waals surface area contributed by atoms with E-state index in [1.807, 2.05) is 29.2 Å². The molecule has 4 rings (SSSR count). The largest absolute Gasteiger partial charge is 0.385 e. The van der Waals surface area contributed by atoms with Crippen LogP contribution in [0.5, 0.6) is 0 Å². The lowest BCUT2D eigenvalue weighted by molar-refractivity contribution is 0.0730. The Morgan fingerprint density at radius 1 is 1.32 bits per heavy atom. The number of amides is 1. The number of pyridine rings is 1. The maximum atomic E-state index is 13.0. The van der Waals surface area contributed by atoms with Crippen molar-refractivity contribution in [1.82, 2.24) is 19.9 Å². The summed E-state index contributed by atoms with van der Waals surface area (Å²) in [6.45, 7) is 2.25. The van der Waals surface area contributed by atoms with Gasteiger partial charge in [0.25, 0.3) is 5.91 Å². The van der Waals surface area contributed by atoms with Crippen molar-refractivity contribution in [3.63, 3.8) is 0 Å². The van der Waals surface area contributed by atoms with E-state index in [2.05, 4.69) is 15.0 Å². The fourth-order valence-electron chi connectivity index (χ4n) is 2.96. The molecule has 128 valence electrons. The van der Waals surface area contributed by atoms with E-state index in [1.54, 1.807) is 25.4 Å². The highest BCUT2D eigenvalue weighted by Gasteiger charge is 2.33. The van der Waals surface area contributed by atoms with Crippen LogP contribution in [0.2, 0.25) is 0 Å². The number of aliphatic hydroxyl groups is 1. The van der Waals surface area contributed by atoms with Gasteiger partial charge in [-0.1, -0.05) is 0 Å². The number of benzene rings is 1. The SMILES string of the molecule is CC(O)c1nc2ccc(C(=O)N(Cc3ccncc3)C3CC3)cc2[nH]1. The molecule has 0 spiro atoms. The molecule has 0 saturated heterocycles. The molecule has 25 heavy (non-hydrogen) atoms. The van der Waals surface area contributed by atoms with Crippen molar-refractivity contribution < 1.29 is 9.90 Å². The quantitative estimate of drug-likeness (QED) is 0.750. The summed E-state index contributed by atoms with van der Waals surface area (Å²) in [4.78, 5) is 26.4. The predicted molar refractivity (Wildman–Crippen MR) is 93.9 cm³/mol. The van der Waals surface area contributed by atoms with E-state index in [4.69, 9.17) is 0 Å². The van der Waals surface area contributed by atoms with Gasteiger partial charge in [0.2, 0.25) is 0 Å². The minimum atomic E-state index is -0.666. The topological polar surface area (TPSA) is 82.1 Å². The molecule has 1 fully saturated rings. The molecule has 1 aliphatic carbocycles. The number of nitrogens with zero attached hydrogens (tertiary/aromatic N) is 3. The van der Waals surface area contributed by atoms with Gasteiger partial charge >= 0.3 is 0 Å². The number of hydrogen-bond donors (Lipinski definition) is 2. The van der Waals surface area contributed by atoms with Gasteiger partial charge in [-0.2, -0.15) is 0 Å². The molecule has 1 atom stereocenters. The van der Waals surface area contributed by atoms with E-state index in [0.717, 1.165) is 29.4 Å². The lowest BCUT2D eigenvalue weighted by Crippen LogP contribution is -2.32. The first-order valence-corrected chi connectivity index (χ1v) is 8.49. The van der Waals surface area contributed by atoms with E-state index < -0.39 is 6.10 Å². The highest BCUT2D eigenvalue weighted by Crippen LogP contribution is 2.30. The average molecular weight is 336 g/mol. The fraction of sp³-hybridized carbons (Fsp3) is 0.316. The van der Waals surface area contributed by atoms with Crippen LogP contribution in [0.1, 0.15) is 47.6 Å². The van der Waals surface area contributed by atoms with E-state index in [1.165, 1.54) is 0 Å². The van der Waals surface area contributed by atoms with Gasteiger partial charge in [-0.15, -0.1) is 0 Å². The Hall–Kier alpha value is -2.73. The molecule has 2 N–H and O–H groups in total. The number of carbonyl (C=O) groups excluding carboxylic acids is 1. The maximum absolute atomic E-state index is 13.0. The number of rotatable bonds is 5. The van der Waals surface area contributed by atoms with Crippen LogP contribution in [0.15, 0.2) is 42.7 Å². The first-order valence-electron chi connectivity index (χ1n) is 8.49. The van der Waals surface area contributed by atoms with Crippen LogP contribution in [-0.2, 0) is 6.54 Å². The van der Waals surface area contributed by atoms with Crippen LogP contribution >= 0.6 is 0 Å². The monoisotopic (exact) mass is 336 g/mol. The molecule has 1 unspecified atom stereocenters. The van der Waals surface area contributed by atoms with Crippen LogP contribution in [0.4, 0.5) is 0 Å². The molecule has 6 nitrogen and oxygen atoms in total. The number of imidazole rings is 1. The Labute approximate surface area is 145 Å². The number of aromatic nitrogens is 3. The second-order valence-corrected chi connectivity index (χ2v) is 6.55. The molecule has 1 aromatic carbocycles. The number of hydrogen-bond acceptors (Lipinski definition) is 4. The maximum Gasteiger partial charge on any atom is 0.254 e. The summed E-state index contributed by atoms with van der Waals surface area (Å²) in [6.07, 6.45) is 4.93. The lowest BCUT2D eigenvalue weighted by Gasteiger charge is -2.22. The summed E-state index contributed by atoms with van der Waals surface area (Å²) in [5.74, 6) is 0.532. The van der Waals surface area contributed by atoms with Gasteiger partial charge in [0, 0.05) is 30.5 Å². The molecule has 0 aliphatic heterocycles. The lowest BCUT2D eigenvalue weighted by atomic mass is 10.1. The molecule has 1 saturated carbocycles. The average Bonchev–Trinajstić information content (AvgIpc) is 3.37. The normalized spacial score (nSPS) is 15.3. The van der Waals surface area contributed by atoms with Gasteiger partial charge in [0.15, 0.2) is 0 Å². The first-order chi connectivity index (χ1) is 12.1. The number of nitrogens with one attached hydrogen (secondary N) is 1. The van der Waals surface area contributed by atoms with Gasteiger partial charge in [0.1, 0.15) is 11.9 Å². The van der Waals surface area contributed by atoms with Crippen molar-refractivity contribution in [3.8, 4) is 0 Å². The Morgan fingerprint density at radius 2 is 2.08 bits per heavy atom. The molecule has 0 bridgehead atoms. The van der Waals surface area contributed by atoms with E-state index in [9.17, 15) is 9.90 Å². The highest BCUT2D eigenvalue weighted by atomic mass is 16.3. The number of aliphatic hydroxyl groups excluding tert-OH is 1. The second-order valence-electron chi connectivity index (χ2n) is 6.55. The van der Waals surface area contributed by atoms with Crippen LogP contribution < -0.4 is 0 Å². The number of carbonyl (C=O) groups is 1. The van der Waals surface area contributed by atoms with Gasteiger partial charge in [0.05, 0.1) is 11.0 Å². The minimum Gasteiger partial charge on any atom is -0.385 e. The molecule has 1 aliphatic rings. The Bertz CT molecular complexity index is 900. The first kappa shape index (κ1) is 15.8. The molecule has 1 amide bonds. The Kier molecular flexibility index (Phi) is 3.97. The van der Waals surface area contributed by atoms with Crippen molar-refractivity contribution in [2.45, 2.75) is 38.5 Å². The molecule has 6 heteroatoms. The molecular weight excluding hydrogens is 316 g/mol. The van der Waals surface area contributed by atoms with Crippen molar-refractivity contribution in [2.75, 3.05) is 0 Å². The summed E-state index contributed by atoms with van der Waals surface area (Å²) < 4.78 is 0. The highest BCUT2D eigenvalue weighted by molar-refractivity contribution is 5.97. The van der Waals surface area contributed by atoms with Crippen LogP contribution in [0.25, 0.3) is 11.0 Å². The fourth-order valence-corrected chi connectivity index (χ4v) is 2.96. The summed E-state index contributed by atoms with van der Waals surface area (Å²) in [5.41, 5.74) is 3.23. The zero-order valence-electron chi connectivity index (χ0n) is 14.0. The van der Waals surface area contributed by atoms with Crippen molar-refractivity contribution in [1.29, 1.82) is 0 Å². The van der Waals surface area contributed by atoms with E-state index in [0.29, 0.717) is 24.0 Å². The third-order valence-electron chi connectivity index (χ3n) is 4.49. The minimum absolute atomic E-state index is 0.0226. The zero-order valence-corrected chi connectivity index (χ0v) is 14.0. The van der Waals surface area contributed by atoms with Crippen molar-refractivity contribution in [2.24, 2.45) is 0 Å². The Morgan fingerprint density at radius 3 is 2.76 bits per heavy atom. The molecular formula is C19H20N4O2. The molecule has 3 aromatic rings. The molecule has 2 heterocycles. The molecule has 2 aromatic heterocycles. The Balaban J connectivity index is 1.62. The van der Waals surface area contributed by atoms with E-state index in [-0.39, 0.29) is 5.91 Å². The van der Waals surface area contributed by atoms with Crippen molar-refractivity contribution in [3.05, 3.63) is 59.7 Å². The zero-order chi connectivity index (χ0) is 17.4. The summed E-state index contributed by atoms with van der Waals surface area (Å²) >= 11 is 0. The summed E-state index contributed by atoms with van der Waals surface area (Å²) in [6, 6.07) is 9.64.